The Balaban J connectivity index is 4.26. The molecule has 0 rings (SSSR count). The zero-order valence-electron chi connectivity index (χ0n) is 18.9. The van der Waals surface area contributed by atoms with Crippen LogP contribution in [0.1, 0.15) is 112 Å². The summed E-state index contributed by atoms with van der Waals surface area (Å²) in [5.41, 5.74) is 0. The van der Waals surface area contributed by atoms with Crippen LogP contribution in [0.4, 0.5) is 0 Å². The molecular formula is C22H49AlOSi. The van der Waals surface area contributed by atoms with E-state index >= 15 is 0 Å². The van der Waals surface area contributed by atoms with Crippen LogP contribution in [-0.4, -0.2) is 22.8 Å². The Hall–Kier alpha value is 0.709. The van der Waals surface area contributed by atoms with Crippen LogP contribution in [0.5, 0.6) is 0 Å². The molecule has 0 N–H and O–H groups in total. The average molecular weight is 385 g/mol. The molecule has 0 saturated heterocycles. The van der Waals surface area contributed by atoms with Gasteiger partial charge in [0.1, 0.15) is 0 Å². The molecule has 0 aromatic carbocycles. The lowest BCUT2D eigenvalue weighted by atomic mass is 10.1. The van der Waals surface area contributed by atoms with Crippen LogP contribution in [0.25, 0.3) is 0 Å². The summed E-state index contributed by atoms with van der Waals surface area (Å²) >= 11 is -1.01. The van der Waals surface area contributed by atoms with E-state index in [4.69, 9.17) is 3.48 Å². The van der Waals surface area contributed by atoms with Crippen LogP contribution in [0.3, 0.4) is 0 Å². The van der Waals surface area contributed by atoms with Crippen molar-refractivity contribution in [2.75, 3.05) is 0 Å². The summed E-state index contributed by atoms with van der Waals surface area (Å²) in [6.45, 7) is 16.7. The van der Waals surface area contributed by atoms with E-state index in [1.165, 1.54) is 87.6 Å². The fourth-order valence-corrected chi connectivity index (χ4v) is 10.6. The Morgan fingerprint density at radius 1 is 0.640 bits per heavy atom. The third-order valence-electron chi connectivity index (χ3n) is 6.03. The lowest BCUT2D eigenvalue weighted by Gasteiger charge is -2.40. The van der Waals surface area contributed by atoms with Crippen LogP contribution < -0.4 is 0 Å². The molecule has 0 aliphatic heterocycles. The van der Waals surface area contributed by atoms with Crippen molar-refractivity contribution >= 4 is 22.8 Å². The van der Waals surface area contributed by atoms with Gasteiger partial charge in [-0.2, -0.15) is 0 Å². The van der Waals surface area contributed by atoms with E-state index in [1.807, 2.05) is 0 Å². The van der Waals surface area contributed by atoms with Gasteiger partial charge in [0.05, 0.1) is 0 Å². The van der Waals surface area contributed by atoms with E-state index in [0.717, 1.165) is 0 Å². The van der Waals surface area contributed by atoms with E-state index in [-0.39, 0.29) is 0 Å². The third kappa shape index (κ3) is 13.5. The average Bonchev–Trinajstić information content (AvgIpc) is 2.52. The molecule has 0 spiro atoms. The van der Waals surface area contributed by atoms with Gasteiger partial charge in [-0.05, 0) is 18.1 Å². The Morgan fingerprint density at radius 2 is 1.00 bits per heavy atom. The van der Waals surface area contributed by atoms with Crippen LogP contribution in [0.15, 0.2) is 0 Å². The fourth-order valence-electron chi connectivity index (χ4n) is 3.16. The minimum Gasteiger partial charge on any atom is -0.545 e. The van der Waals surface area contributed by atoms with E-state index < -0.39 is 22.8 Å². The second kappa shape index (κ2) is 14.7. The number of hydrogen-bond acceptors (Lipinski definition) is 1. The molecule has 1 nitrogen and oxygen atoms in total. The third-order valence-corrected chi connectivity index (χ3v) is 15.4. The smallest absolute Gasteiger partial charge is 0.449 e. The maximum Gasteiger partial charge on any atom is 0.449 e. The summed E-state index contributed by atoms with van der Waals surface area (Å²) in [6.07, 6.45) is 17.0. The molecule has 0 heterocycles. The van der Waals surface area contributed by atoms with Crippen molar-refractivity contribution in [2.24, 2.45) is 0 Å². The van der Waals surface area contributed by atoms with Crippen molar-refractivity contribution in [1.82, 2.24) is 0 Å². The first-order valence-corrected chi connectivity index (χ1v) is 16.4. The zero-order valence-corrected chi connectivity index (χ0v) is 21.0. The van der Waals surface area contributed by atoms with Gasteiger partial charge in [0.25, 0.3) is 0 Å². The van der Waals surface area contributed by atoms with Crippen LogP contribution in [0.2, 0.25) is 28.7 Å². The van der Waals surface area contributed by atoms with Gasteiger partial charge in [-0.1, -0.05) is 122 Å². The number of rotatable bonds is 16. The van der Waals surface area contributed by atoms with E-state index in [9.17, 15) is 0 Å². The van der Waals surface area contributed by atoms with Gasteiger partial charge in [-0.25, -0.2) is 0 Å². The molecule has 0 atom stereocenters. The SMILES string of the molecule is CCCCCCC[CH2][Al]([CH2]CCCCCCC)[O][Si](C)(C)C(C)(C)C. The first-order chi connectivity index (χ1) is 11.7. The van der Waals surface area contributed by atoms with Crippen molar-refractivity contribution in [3.8, 4) is 0 Å². The molecule has 150 valence electrons. The molecule has 25 heavy (non-hydrogen) atoms. The molecule has 0 saturated carbocycles. The summed E-state index contributed by atoms with van der Waals surface area (Å²) in [5, 5.41) is 3.21. The Labute approximate surface area is 166 Å². The van der Waals surface area contributed by atoms with E-state index in [1.54, 1.807) is 0 Å². The highest BCUT2D eigenvalue weighted by atomic mass is 28.4. The lowest BCUT2D eigenvalue weighted by molar-refractivity contribution is 0.487. The van der Waals surface area contributed by atoms with Gasteiger partial charge in [0.15, 0.2) is 8.32 Å². The maximum absolute atomic E-state index is 6.94. The predicted octanol–water partition coefficient (Wildman–Crippen LogP) is 8.72. The maximum atomic E-state index is 6.94. The van der Waals surface area contributed by atoms with Gasteiger partial charge in [0.2, 0.25) is 0 Å². The topological polar surface area (TPSA) is 9.23 Å². The fraction of sp³-hybridized carbons (Fsp3) is 1.00. The molecule has 0 amide bonds. The monoisotopic (exact) mass is 384 g/mol. The summed E-state index contributed by atoms with van der Waals surface area (Å²) in [5.74, 6) is 0. The molecule has 0 aliphatic carbocycles. The Bertz CT molecular complexity index is 283. The summed E-state index contributed by atoms with van der Waals surface area (Å²) in [6, 6.07) is 0. The first-order valence-electron chi connectivity index (χ1n) is 11.4. The molecule has 0 aromatic heterocycles. The second-order valence-corrected chi connectivity index (χ2v) is 17.5. The van der Waals surface area contributed by atoms with Crippen LogP contribution in [-0.2, 0) is 3.48 Å². The predicted molar refractivity (Wildman–Crippen MR) is 120 cm³/mol. The standard InChI is InChI=1S/2C8H17.C6H15OSi.Al/c2*1-3-5-7-8-6-4-2;1-6(2,3)8(4,5)7;/h2*1,3-8H2,2H3;1-5H3;/q;;-1;+1. The van der Waals surface area contributed by atoms with Crippen molar-refractivity contribution in [1.29, 1.82) is 0 Å². The van der Waals surface area contributed by atoms with Gasteiger partial charge < -0.3 is 3.48 Å². The summed E-state index contributed by atoms with van der Waals surface area (Å²) < 4.78 is 6.94. The van der Waals surface area contributed by atoms with E-state index in [0.29, 0.717) is 5.04 Å². The molecular weight excluding hydrogens is 335 g/mol. The van der Waals surface area contributed by atoms with Crippen molar-refractivity contribution in [3.63, 3.8) is 0 Å². The molecule has 0 fully saturated rings. The molecule has 0 aliphatic rings. The van der Waals surface area contributed by atoms with Crippen molar-refractivity contribution < 1.29 is 3.48 Å². The van der Waals surface area contributed by atoms with Gasteiger partial charge >= 0.3 is 14.5 Å². The number of unbranched alkanes of at least 4 members (excludes halogenated alkanes) is 10. The molecule has 0 unspecified atom stereocenters. The Kier molecular flexibility index (Phi) is 15.1. The molecule has 0 bridgehead atoms. The van der Waals surface area contributed by atoms with Crippen LogP contribution in [0, 0.1) is 0 Å². The highest BCUT2D eigenvalue weighted by molar-refractivity contribution is 6.80. The molecule has 0 aromatic rings. The van der Waals surface area contributed by atoms with Gasteiger partial charge in [-0.3, -0.25) is 0 Å². The molecule has 0 radical (unpaired) electrons. The highest BCUT2D eigenvalue weighted by Crippen LogP contribution is 2.38. The lowest BCUT2D eigenvalue weighted by Crippen LogP contribution is -2.45. The van der Waals surface area contributed by atoms with Crippen LogP contribution >= 0.6 is 0 Å². The normalized spacial score (nSPS) is 12.6. The Morgan fingerprint density at radius 3 is 1.36 bits per heavy atom. The van der Waals surface area contributed by atoms with Crippen molar-refractivity contribution in [2.45, 2.75) is 140 Å². The van der Waals surface area contributed by atoms with Gasteiger partial charge in [-0.15, -0.1) is 0 Å². The zero-order chi connectivity index (χ0) is 19.2. The van der Waals surface area contributed by atoms with Crippen molar-refractivity contribution in [3.05, 3.63) is 0 Å². The molecule has 3 heteroatoms. The largest absolute Gasteiger partial charge is 0.545 e. The minimum absolute atomic E-state index is 0.362. The quantitative estimate of drug-likeness (QED) is 0.191. The summed E-state index contributed by atoms with van der Waals surface area (Å²) in [4.78, 5) is 0. The second-order valence-electron chi connectivity index (χ2n) is 9.61. The number of hydrogen-bond donors (Lipinski definition) is 0. The van der Waals surface area contributed by atoms with Gasteiger partial charge in [0, 0.05) is 0 Å². The summed E-state index contributed by atoms with van der Waals surface area (Å²) in [7, 11) is -1.57. The first kappa shape index (κ1) is 25.7. The van der Waals surface area contributed by atoms with E-state index in [2.05, 4.69) is 47.7 Å². The minimum atomic E-state index is -1.57. The highest BCUT2D eigenvalue weighted by Gasteiger charge is 2.39.